The van der Waals surface area contributed by atoms with Crippen LogP contribution in [0.25, 0.3) is 0 Å². The van der Waals surface area contributed by atoms with Crippen LogP contribution in [0.4, 0.5) is 0 Å². The van der Waals surface area contributed by atoms with E-state index in [0.29, 0.717) is 18.5 Å². The van der Waals surface area contributed by atoms with Gasteiger partial charge in [-0.15, -0.1) is 0 Å². The van der Waals surface area contributed by atoms with E-state index in [9.17, 15) is 4.79 Å². The molecule has 2 N–H and O–H groups in total. The van der Waals surface area contributed by atoms with Crippen LogP contribution in [0, 0.1) is 5.41 Å². The highest BCUT2D eigenvalue weighted by Gasteiger charge is 2.42. The van der Waals surface area contributed by atoms with E-state index in [1.807, 2.05) is 11.8 Å². The van der Waals surface area contributed by atoms with Gasteiger partial charge in [0, 0.05) is 30.6 Å². The summed E-state index contributed by atoms with van der Waals surface area (Å²) >= 11 is 1.95. The second-order valence-electron chi connectivity index (χ2n) is 5.47. The summed E-state index contributed by atoms with van der Waals surface area (Å²) in [5.41, 5.74) is 5.71. The molecule has 98 valence electrons. The first-order valence-electron chi connectivity index (χ1n) is 6.78. The maximum Gasteiger partial charge on any atom is 0.230 e. The van der Waals surface area contributed by atoms with Gasteiger partial charge in [-0.3, -0.25) is 4.79 Å². The van der Waals surface area contributed by atoms with Crippen molar-refractivity contribution in [1.82, 2.24) is 4.90 Å². The summed E-state index contributed by atoms with van der Waals surface area (Å²) in [5, 5.41) is 0. The van der Waals surface area contributed by atoms with Gasteiger partial charge >= 0.3 is 0 Å². The largest absolute Gasteiger partial charge is 0.338 e. The van der Waals surface area contributed by atoms with Crippen LogP contribution in [0.5, 0.6) is 0 Å². The SMILES string of the molecule is CC1CSCCN1C(=O)C1(CN)CCCCC1. The molecule has 1 aliphatic carbocycles. The molecule has 1 amide bonds. The molecule has 1 saturated heterocycles. The van der Waals surface area contributed by atoms with Gasteiger partial charge in [0.05, 0.1) is 5.41 Å². The lowest BCUT2D eigenvalue weighted by molar-refractivity contribution is -0.145. The molecule has 0 aromatic heterocycles. The molecule has 0 radical (unpaired) electrons. The Labute approximate surface area is 108 Å². The molecular formula is C13H24N2OS. The molecule has 0 bridgehead atoms. The van der Waals surface area contributed by atoms with Gasteiger partial charge in [0.25, 0.3) is 0 Å². The fourth-order valence-electron chi connectivity index (χ4n) is 3.07. The molecular weight excluding hydrogens is 232 g/mol. The highest BCUT2D eigenvalue weighted by atomic mass is 32.2. The molecule has 17 heavy (non-hydrogen) atoms. The summed E-state index contributed by atoms with van der Waals surface area (Å²) in [4.78, 5) is 14.8. The Kier molecular flexibility index (Phi) is 4.36. The Morgan fingerprint density at radius 3 is 2.71 bits per heavy atom. The molecule has 2 aliphatic rings. The summed E-state index contributed by atoms with van der Waals surface area (Å²) in [7, 11) is 0. The lowest BCUT2D eigenvalue weighted by Crippen LogP contribution is -2.54. The van der Waals surface area contributed by atoms with Crippen molar-refractivity contribution < 1.29 is 4.79 Å². The van der Waals surface area contributed by atoms with Crippen LogP contribution < -0.4 is 5.73 Å². The van der Waals surface area contributed by atoms with E-state index in [-0.39, 0.29) is 5.41 Å². The maximum absolute atomic E-state index is 12.8. The Balaban J connectivity index is 2.10. The number of hydrogen-bond acceptors (Lipinski definition) is 3. The molecule has 0 spiro atoms. The number of nitrogens with zero attached hydrogens (tertiary/aromatic N) is 1. The molecule has 2 fully saturated rings. The molecule has 4 heteroatoms. The van der Waals surface area contributed by atoms with Gasteiger partial charge in [0.1, 0.15) is 0 Å². The van der Waals surface area contributed by atoms with Gasteiger partial charge in [0.2, 0.25) is 5.91 Å². The molecule has 1 saturated carbocycles. The fraction of sp³-hybridized carbons (Fsp3) is 0.923. The first-order chi connectivity index (χ1) is 8.19. The fourth-order valence-corrected chi connectivity index (χ4v) is 4.08. The molecule has 1 heterocycles. The summed E-state index contributed by atoms with van der Waals surface area (Å²) in [5.74, 6) is 2.50. The van der Waals surface area contributed by atoms with E-state index in [1.54, 1.807) is 0 Å². The van der Waals surface area contributed by atoms with Crippen LogP contribution in [0.3, 0.4) is 0 Å². The van der Waals surface area contributed by atoms with Crippen molar-refractivity contribution in [3.05, 3.63) is 0 Å². The highest BCUT2D eigenvalue weighted by molar-refractivity contribution is 7.99. The standard InChI is InChI=1S/C13H24N2OS/c1-11-9-17-8-7-15(11)12(16)13(10-14)5-3-2-4-6-13/h11H,2-10,14H2,1H3. The quantitative estimate of drug-likeness (QED) is 0.820. The third-order valence-electron chi connectivity index (χ3n) is 4.28. The summed E-state index contributed by atoms with van der Waals surface area (Å²) in [6, 6.07) is 0.381. The molecule has 1 aliphatic heterocycles. The van der Waals surface area contributed by atoms with Gasteiger partial charge in [0.15, 0.2) is 0 Å². The summed E-state index contributed by atoms with van der Waals surface area (Å²) < 4.78 is 0. The van der Waals surface area contributed by atoms with Crippen LogP contribution in [0.15, 0.2) is 0 Å². The molecule has 0 aromatic rings. The number of carbonyl (C=O) groups is 1. The monoisotopic (exact) mass is 256 g/mol. The number of nitrogens with two attached hydrogens (primary N) is 1. The highest BCUT2D eigenvalue weighted by Crippen LogP contribution is 2.38. The predicted octanol–water partition coefficient (Wildman–Crippen LogP) is 1.86. The van der Waals surface area contributed by atoms with E-state index in [1.165, 1.54) is 19.3 Å². The Morgan fingerprint density at radius 2 is 2.12 bits per heavy atom. The zero-order chi connectivity index (χ0) is 12.3. The van der Waals surface area contributed by atoms with E-state index in [0.717, 1.165) is 30.9 Å². The van der Waals surface area contributed by atoms with Gasteiger partial charge in [-0.1, -0.05) is 19.3 Å². The third kappa shape index (κ3) is 2.63. The van der Waals surface area contributed by atoms with E-state index >= 15 is 0 Å². The molecule has 2 rings (SSSR count). The van der Waals surface area contributed by atoms with Gasteiger partial charge in [-0.25, -0.2) is 0 Å². The maximum atomic E-state index is 12.8. The topological polar surface area (TPSA) is 46.3 Å². The molecule has 1 unspecified atom stereocenters. The zero-order valence-electron chi connectivity index (χ0n) is 10.8. The lowest BCUT2D eigenvalue weighted by atomic mass is 9.73. The Bertz CT molecular complexity index is 277. The van der Waals surface area contributed by atoms with Crippen molar-refractivity contribution >= 4 is 17.7 Å². The first-order valence-corrected chi connectivity index (χ1v) is 7.94. The van der Waals surface area contributed by atoms with E-state index in [2.05, 4.69) is 11.8 Å². The number of hydrogen-bond donors (Lipinski definition) is 1. The third-order valence-corrected chi connectivity index (χ3v) is 5.47. The predicted molar refractivity (Wildman–Crippen MR) is 73.1 cm³/mol. The second kappa shape index (κ2) is 5.61. The summed E-state index contributed by atoms with van der Waals surface area (Å²) in [6.07, 6.45) is 5.59. The number of carbonyl (C=O) groups excluding carboxylic acids is 1. The lowest BCUT2D eigenvalue weighted by Gasteiger charge is -2.42. The molecule has 3 nitrogen and oxygen atoms in total. The van der Waals surface area contributed by atoms with Crippen molar-refractivity contribution in [2.24, 2.45) is 11.1 Å². The minimum atomic E-state index is -0.228. The van der Waals surface area contributed by atoms with Crippen LogP contribution >= 0.6 is 11.8 Å². The average Bonchev–Trinajstić information content (AvgIpc) is 2.39. The van der Waals surface area contributed by atoms with E-state index < -0.39 is 0 Å². The normalized spacial score (nSPS) is 29.1. The van der Waals surface area contributed by atoms with Crippen LogP contribution in [0.1, 0.15) is 39.0 Å². The minimum absolute atomic E-state index is 0.228. The van der Waals surface area contributed by atoms with Crippen molar-refractivity contribution in [1.29, 1.82) is 0 Å². The number of rotatable bonds is 2. The Hall–Kier alpha value is -0.220. The average molecular weight is 256 g/mol. The van der Waals surface area contributed by atoms with Crippen molar-refractivity contribution in [2.75, 3.05) is 24.6 Å². The van der Waals surface area contributed by atoms with Gasteiger partial charge in [-0.2, -0.15) is 11.8 Å². The van der Waals surface area contributed by atoms with Gasteiger partial charge < -0.3 is 10.6 Å². The van der Waals surface area contributed by atoms with Crippen molar-refractivity contribution in [3.8, 4) is 0 Å². The minimum Gasteiger partial charge on any atom is -0.338 e. The molecule has 1 atom stereocenters. The summed E-state index contributed by atoms with van der Waals surface area (Å²) in [6.45, 7) is 3.60. The number of amides is 1. The smallest absolute Gasteiger partial charge is 0.230 e. The zero-order valence-corrected chi connectivity index (χ0v) is 11.6. The number of thioether (sulfide) groups is 1. The van der Waals surface area contributed by atoms with E-state index in [4.69, 9.17) is 5.73 Å². The van der Waals surface area contributed by atoms with Crippen molar-refractivity contribution in [3.63, 3.8) is 0 Å². The van der Waals surface area contributed by atoms with Gasteiger partial charge in [-0.05, 0) is 19.8 Å². The van der Waals surface area contributed by atoms with Crippen LogP contribution in [0.2, 0.25) is 0 Å². The molecule has 0 aromatic carbocycles. The first kappa shape index (κ1) is 13.2. The van der Waals surface area contributed by atoms with Crippen molar-refractivity contribution in [2.45, 2.75) is 45.1 Å². The van der Waals surface area contributed by atoms with Crippen LogP contribution in [-0.2, 0) is 4.79 Å². The Morgan fingerprint density at radius 1 is 1.41 bits per heavy atom. The second-order valence-corrected chi connectivity index (χ2v) is 6.62. The van der Waals surface area contributed by atoms with Crippen LogP contribution in [-0.4, -0.2) is 41.4 Å².